The van der Waals surface area contributed by atoms with Crippen LogP contribution >= 0.6 is 0 Å². The van der Waals surface area contributed by atoms with Gasteiger partial charge in [-0.25, -0.2) is 0 Å². The number of phenolic OH excluding ortho intramolecular Hbond substituents is 1. The Hall–Kier alpha value is -1.71. The number of nitrogens with one attached hydrogen (secondary N) is 1. The molecule has 0 bridgehead atoms. The van der Waals surface area contributed by atoms with Gasteiger partial charge >= 0.3 is 0 Å². The molecule has 1 aromatic rings. The summed E-state index contributed by atoms with van der Waals surface area (Å²) in [6.07, 6.45) is 0. The van der Waals surface area contributed by atoms with Gasteiger partial charge in [0, 0.05) is 12.6 Å². The van der Waals surface area contributed by atoms with Gasteiger partial charge in [-0.3, -0.25) is 4.79 Å². The van der Waals surface area contributed by atoms with Crippen LogP contribution in [0.4, 0.5) is 0 Å². The number of methoxy groups -OCH3 is 1. The van der Waals surface area contributed by atoms with Crippen LogP contribution in [0.2, 0.25) is 0 Å². The number of ether oxygens (including phenoxy) is 1. The van der Waals surface area contributed by atoms with Crippen LogP contribution in [0.3, 0.4) is 0 Å². The second kappa shape index (κ2) is 7.17. The third kappa shape index (κ3) is 4.15. The first-order chi connectivity index (χ1) is 9.36. The summed E-state index contributed by atoms with van der Waals surface area (Å²) >= 11 is 0. The maximum absolute atomic E-state index is 12.1. The molecule has 4 nitrogen and oxygen atoms in total. The Balaban J connectivity index is 2.72. The van der Waals surface area contributed by atoms with Crippen molar-refractivity contribution in [3.63, 3.8) is 0 Å². The molecule has 1 aromatic carbocycles. The van der Waals surface area contributed by atoms with Crippen molar-refractivity contribution < 1.29 is 14.6 Å². The molecule has 0 unspecified atom stereocenters. The third-order valence-corrected chi connectivity index (χ3v) is 3.66. The first-order valence-corrected chi connectivity index (χ1v) is 7.02. The summed E-state index contributed by atoms with van der Waals surface area (Å²) in [4.78, 5) is 12.1. The van der Waals surface area contributed by atoms with E-state index in [4.69, 9.17) is 4.74 Å². The average Bonchev–Trinajstić information content (AvgIpc) is 2.37. The smallest absolute Gasteiger partial charge is 0.255 e. The molecule has 0 radical (unpaired) electrons. The van der Waals surface area contributed by atoms with Gasteiger partial charge in [0.15, 0.2) is 0 Å². The lowest BCUT2D eigenvalue weighted by Gasteiger charge is -2.25. The van der Waals surface area contributed by atoms with E-state index in [1.807, 2.05) is 0 Å². The molecule has 2 N–H and O–H groups in total. The molecule has 0 aromatic heterocycles. The summed E-state index contributed by atoms with van der Waals surface area (Å²) in [5.74, 6) is 1.63. The highest BCUT2D eigenvalue weighted by Crippen LogP contribution is 2.24. The van der Waals surface area contributed by atoms with Crippen molar-refractivity contribution in [1.82, 2.24) is 5.32 Å². The van der Waals surface area contributed by atoms with Gasteiger partial charge in [0.2, 0.25) is 0 Å². The molecule has 0 saturated carbocycles. The Kier molecular flexibility index (Phi) is 5.86. The zero-order valence-corrected chi connectivity index (χ0v) is 12.9. The first-order valence-electron chi connectivity index (χ1n) is 7.02. The van der Waals surface area contributed by atoms with Crippen molar-refractivity contribution in [2.45, 2.75) is 27.7 Å². The van der Waals surface area contributed by atoms with E-state index >= 15 is 0 Å². The Morgan fingerprint density at radius 2 is 1.85 bits per heavy atom. The number of phenols is 1. The van der Waals surface area contributed by atoms with Crippen LogP contribution < -0.4 is 10.1 Å². The van der Waals surface area contributed by atoms with Crippen LogP contribution in [0.5, 0.6) is 11.5 Å². The van der Waals surface area contributed by atoms with E-state index in [0.29, 0.717) is 30.0 Å². The van der Waals surface area contributed by atoms with Crippen LogP contribution in [0.15, 0.2) is 18.2 Å². The van der Waals surface area contributed by atoms with E-state index in [9.17, 15) is 9.90 Å². The molecule has 0 saturated heterocycles. The minimum absolute atomic E-state index is 0.0625. The molecule has 0 aliphatic carbocycles. The van der Waals surface area contributed by atoms with Crippen LogP contribution in [0, 0.1) is 17.8 Å². The van der Waals surface area contributed by atoms with Crippen molar-refractivity contribution >= 4 is 5.91 Å². The third-order valence-electron chi connectivity index (χ3n) is 3.66. The predicted molar refractivity (Wildman–Crippen MR) is 80.2 cm³/mol. The minimum atomic E-state index is -0.253. The van der Waals surface area contributed by atoms with Gasteiger partial charge in [-0.1, -0.05) is 27.7 Å². The van der Waals surface area contributed by atoms with Crippen LogP contribution in [0.25, 0.3) is 0 Å². The van der Waals surface area contributed by atoms with Crippen LogP contribution in [0.1, 0.15) is 38.1 Å². The van der Waals surface area contributed by atoms with Crippen molar-refractivity contribution in [2.24, 2.45) is 17.8 Å². The number of benzene rings is 1. The van der Waals surface area contributed by atoms with Gasteiger partial charge in [0.05, 0.1) is 12.7 Å². The molecule has 0 fully saturated rings. The van der Waals surface area contributed by atoms with E-state index in [1.54, 1.807) is 12.1 Å². The van der Waals surface area contributed by atoms with E-state index in [0.717, 1.165) is 0 Å². The van der Waals surface area contributed by atoms with Gasteiger partial charge in [-0.2, -0.15) is 0 Å². The maximum atomic E-state index is 12.1. The van der Waals surface area contributed by atoms with Gasteiger partial charge in [-0.15, -0.1) is 0 Å². The topological polar surface area (TPSA) is 58.6 Å². The molecule has 20 heavy (non-hydrogen) atoms. The van der Waals surface area contributed by atoms with Gasteiger partial charge in [0.25, 0.3) is 5.91 Å². The number of hydrogen-bond acceptors (Lipinski definition) is 3. The van der Waals surface area contributed by atoms with Crippen molar-refractivity contribution in [2.75, 3.05) is 13.7 Å². The zero-order valence-electron chi connectivity index (χ0n) is 12.9. The summed E-state index contributed by atoms with van der Waals surface area (Å²) in [6.45, 7) is 9.23. The quantitative estimate of drug-likeness (QED) is 0.841. The molecule has 1 amide bonds. The highest BCUT2D eigenvalue weighted by Gasteiger charge is 2.19. The van der Waals surface area contributed by atoms with Gasteiger partial charge in [-0.05, 0) is 29.9 Å². The number of carbonyl (C=O) groups excluding carboxylic acids is 1. The highest BCUT2D eigenvalue weighted by molar-refractivity contribution is 5.97. The van der Waals surface area contributed by atoms with Gasteiger partial charge < -0.3 is 15.2 Å². The maximum Gasteiger partial charge on any atom is 0.255 e. The fraction of sp³-hybridized carbons (Fsp3) is 0.562. The van der Waals surface area contributed by atoms with Crippen molar-refractivity contribution in [3.05, 3.63) is 23.8 Å². The molecule has 0 aliphatic heterocycles. The fourth-order valence-electron chi connectivity index (χ4n) is 2.38. The predicted octanol–water partition coefficient (Wildman–Crippen LogP) is 3.06. The van der Waals surface area contributed by atoms with Crippen LogP contribution in [-0.4, -0.2) is 24.7 Å². The lowest BCUT2D eigenvalue weighted by atomic mass is 9.85. The number of carbonyl (C=O) groups is 1. The molecule has 0 heterocycles. The molecule has 0 aliphatic rings. The summed E-state index contributed by atoms with van der Waals surface area (Å²) in [6, 6.07) is 4.68. The molecule has 112 valence electrons. The fourth-order valence-corrected chi connectivity index (χ4v) is 2.38. The summed E-state index contributed by atoms with van der Waals surface area (Å²) in [5.41, 5.74) is 0.275. The largest absolute Gasteiger partial charge is 0.507 e. The average molecular weight is 279 g/mol. The van der Waals surface area contributed by atoms with E-state index < -0.39 is 0 Å². The SMILES string of the molecule is COc1ccc(C(=O)NCC(C(C)C)C(C)C)c(O)c1. The number of amides is 1. The Morgan fingerprint density at radius 1 is 1.25 bits per heavy atom. The second-order valence-corrected chi connectivity index (χ2v) is 5.74. The van der Waals surface area contributed by atoms with Gasteiger partial charge in [0.1, 0.15) is 11.5 Å². The molecular formula is C16H25NO3. The lowest BCUT2D eigenvalue weighted by molar-refractivity contribution is 0.0934. The highest BCUT2D eigenvalue weighted by atomic mass is 16.5. The monoisotopic (exact) mass is 279 g/mol. The van der Waals surface area contributed by atoms with E-state index in [2.05, 4.69) is 33.0 Å². The van der Waals surface area contributed by atoms with E-state index in [1.165, 1.54) is 13.2 Å². The second-order valence-electron chi connectivity index (χ2n) is 5.74. The van der Waals surface area contributed by atoms with Crippen molar-refractivity contribution in [3.8, 4) is 11.5 Å². The summed E-state index contributed by atoms with van der Waals surface area (Å²) in [7, 11) is 1.52. The molecule has 0 atom stereocenters. The molecule has 0 spiro atoms. The normalized spacial score (nSPS) is 11.2. The summed E-state index contributed by atoms with van der Waals surface area (Å²) < 4.78 is 5.00. The number of hydrogen-bond donors (Lipinski definition) is 2. The van der Waals surface area contributed by atoms with Crippen LogP contribution in [-0.2, 0) is 0 Å². The summed E-state index contributed by atoms with van der Waals surface area (Å²) in [5, 5.41) is 12.7. The first kappa shape index (κ1) is 16.3. The number of aromatic hydroxyl groups is 1. The number of rotatable bonds is 6. The Labute approximate surface area is 121 Å². The van der Waals surface area contributed by atoms with E-state index in [-0.39, 0.29) is 17.2 Å². The Bertz CT molecular complexity index is 447. The van der Waals surface area contributed by atoms with Crippen molar-refractivity contribution in [1.29, 1.82) is 0 Å². The molecule has 1 rings (SSSR count). The molecule has 4 heteroatoms. The lowest BCUT2D eigenvalue weighted by Crippen LogP contribution is -2.33. The Morgan fingerprint density at radius 3 is 2.30 bits per heavy atom. The zero-order chi connectivity index (χ0) is 15.3. The minimum Gasteiger partial charge on any atom is -0.507 e. The standard InChI is InChI=1S/C16H25NO3/c1-10(2)14(11(3)4)9-17-16(19)13-7-6-12(20-5)8-15(13)18/h6-8,10-11,14,18H,9H2,1-5H3,(H,17,19). The molecular weight excluding hydrogens is 254 g/mol.